The summed E-state index contributed by atoms with van der Waals surface area (Å²) in [6.07, 6.45) is 11.2. The lowest BCUT2D eigenvalue weighted by Gasteiger charge is -2.16. The highest BCUT2D eigenvalue weighted by atomic mass is 35.5. The highest BCUT2D eigenvalue weighted by Gasteiger charge is 2.28. The molecule has 0 unspecified atom stereocenters. The van der Waals surface area contributed by atoms with Crippen LogP contribution in [0.1, 0.15) is 64.2 Å². The van der Waals surface area contributed by atoms with Crippen molar-refractivity contribution < 1.29 is 9.59 Å². The van der Waals surface area contributed by atoms with Crippen molar-refractivity contribution in [1.29, 1.82) is 0 Å². The molecule has 0 bridgehead atoms. The van der Waals surface area contributed by atoms with E-state index in [0.29, 0.717) is 25.6 Å². The van der Waals surface area contributed by atoms with Crippen molar-refractivity contribution in [1.82, 2.24) is 16.0 Å². The van der Waals surface area contributed by atoms with Crippen LogP contribution in [0.15, 0.2) is 0 Å². The van der Waals surface area contributed by atoms with Gasteiger partial charge in [-0.05, 0) is 32.1 Å². The molecule has 2 amide bonds. The van der Waals surface area contributed by atoms with Gasteiger partial charge in [0.2, 0.25) is 11.8 Å². The van der Waals surface area contributed by atoms with Crippen LogP contribution < -0.4 is 16.0 Å². The van der Waals surface area contributed by atoms with Crippen molar-refractivity contribution >= 4 is 24.2 Å². The van der Waals surface area contributed by atoms with Gasteiger partial charge in [0.1, 0.15) is 0 Å². The van der Waals surface area contributed by atoms with E-state index in [1.165, 1.54) is 38.5 Å². The van der Waals surface area contributed by atoms with Crippen LogP contribution in [0.2, 0.25) is 0 Å². The first kappa shape index (κ1) is 20.2. The van der Waals surface area contributed by atoms with E-state index < -0.39 is 0 Å². The number of hydrogen-bond donors (Lipinski definition) is 3. The van der Waals surface area contributed by atoms with Gasteiger partial charge in [-0.2, -0.15) is 0 Å². The van der Waals surface area contributed by atoms with E-state index in [9.17, 15) is 9.59 Å². The smallest absolute Gasteiger partial charge is 0.223 e. The Morgan fingerprint density at radius 1 is 0.826 bits per heavy atom. The number of rotatable bonds is 9. The molecule has 0 atom stereocenters. The Hall–Kier alpha value is -0.810. The first-order valence-corrected chi connectivity index (χ1v) is 9.03. The summed E-state index contributed by atoms with van der Waals surface area (Å²) in [4.78, 5) is 23.1. The first-order valence-electron chi connectivity index (χ1n) is 9.03. The Morgan fingerprint density at radius 3 is 2.17 bits per heavy atom. The predicted octanol–water partition coefficient (Wildman–Crippen LogP) is 2.14. The Labute approximate surface area is 146 Å². The van der Waals surface area contributed by atoms with Gasteiger partial charge in [-0.1, -0.05) is 25.7 Å². The molecule has 0 aromatic heterocycles. The highest BCUT2D eigenvalue weighted by molar-refractivity contribution is 5.85. The second-order valence-electron chi connectivity index (χ2n) is 6.66. The molecule has 3 N–H and O–H groups in total. The van der Waals surface area contributed by atoms with Crippen LogP contribution in [-0.4, -0.2) is 37.5 Å². The molecule has 23 heavy (non-hydrogen) atoms. The number of nitrogens with one attached hydrogen (secondary N) is 3. The maximum Gasteiger partial charge on any atom is 0.223 e. The zero-order valence-corrected chi connectivity index (χ0v) is 14.9. The number of amides is 2. The lowest BCUT2D eigenvalue weighted by atomic mass is 10.1. The quantitative estimate of drug-likeness (QED) is 0.443. The molecule has 0 heterocycles. The summed E-state index contributed by atoms with van der Waals surface area (Å²) >= 11 is 0. The summed E-state index contributed by atoms with van der Waals surface area (Å²) in [7, 11) is 0. The lowest BCUT2D eigenvalue weighted by Crippen LogP contribution is -2.37. The van der Waals surface area contributed by atoms with Gasteiger partial charge in [0.15, 0.2) is 0 Å². The Morgan fingerprint density at radius 2 is 1.52 bits per heavy atom. The Kier molecular flexibility index (Phi) is 10.3. The van der Waals surface area contributed by atoms with Gasteiger partial charge in [-0.15, -0.1) is 12.4 Å². The van der Waals surface area contributed by atoms with Crippen LogP contribution in [-0.2, 0) is 9.59 Å². The van der Waals surface area contributed by atoms with Crippen LogP contribution in [0, 0.1) is 5.92 Å². The van der Waals surface area contributed by atoms with Crippen LogP contribution in [0.4, 0.5) is 0 Å². The summed E-state index contributed by atoms with van der Waals surface area (Å²) in [5.74, 6) is 0.500. The molecule has 6 heteroatoms. The fourth-order valence-corrected chi connectivity index (χ4v) is 3.00. The van der Waals surface area contributed by atoms with Crippen LogP contribution in [0.3, 0.4) is 0 Å². The maximum absolute atomic E-state index is 11.7. The van der Waals surface area contributed by atoms with Crippen molar-refractivity contribution in [2.75, 3.05) is 19.6 Å². The molecule has 5 nitrogen and oxygen atoms in total. The van der Waals surface area contributed by atoms with Crippen molar-refractivity contribution in [3.63, 3.8) is 0 Å². The van der Waals surface area contributed by atoms with E-state index in [1.807, 2.05) is 0 Å². The third kappa shape index (κ3) is 9.16. The van der Waals surface area contributed by atoms with E-state index in [1.54, 1.807) is 0 Å². The third-order valence-electron chi connectivity index (χ3n) is 4.56. The summed E-state index contributed by atoms with van der Waals surface area (Å²) in [5, 5.41) is 9.38. The molecule has 0 aromatic carbocycles. The van der Waals surface area contributed by atoms with Crippen molar-refractivity contribution in [3.8, 4) is 0 Å². The molecule has 2 rings (SSSR count). The Balaban J connectivity index is 0.00000264. The van der Waals surface area contributed by atoms with E-state index >= 15 is 0 Å². The van der Waals surface area contributed by atoms with Gasteiger partial charge in [0, 0.05) is 38.0 Å². The minimum Gasteiger partial charge on any atom is -0.356 e. The predicted molar refractivity (Wildman–Crippen MR) is 94.7 cm³/mol. The van der Waals surface area contributed by atoms with Gasteiger partial charge in [-0.25, -0.2) is 0 Å². The second kappa shape index (κ2) is 11.7. The summed E-state index contributed by atoms with van der Waals surface area (Å²) in [6, 6.07) is 0.636. The fourth-order valence-electron chi connectivity index (χ4n) is 3.00. The lowest BCUT2D eigenvalue weighted by molar-refractivity contribution is -0.123. The summed E-state index contributed by atoms with van der Waals surface area (Å²) in [6.45, 7) is 2.17. The second-order valence-corrected chi connectivity index (χ2v) is 6.66. The monoisotopic (exact) mass is 345 g/mol. The van der Waals surface area contributed by atoms with Crippen molar-refractivity contribution in [2.45, 2.75) is 70.3 Å². The molecular formula is C17H32ClN3O2. The average molecular weight is 346 g/mol. The maximum atomic E-state index is 11.7. The molecule has 2 fully saturated rings. The van der Waals surface area contributed by atoms with Gasteiger partial charge in [0.25, 0.3) is 0 Å². The largest absolute Gasteiger partial charge is 0.356 e. The van der Waals surface area contributed by atoms with E-state index in [-0.39, 0.29) is 30.1 Å². The first-order chi connectivity index (χ1) is 10.8. The Bertz CT molecular complexity index is 354. The standard InChI is InChI=1S/C17H31N3O2.ClH/c21-16(8-5-11-20-17(22)14-9-10-14)19-13-12-18-15-6-3-1-2-4-7-15;/h14-15,18H,1-13H2,(H,19,21)(H,20,22);1H. The van der Waals surface area contributed by atoms with E-state index in [0.717, 1.165) is 25.8 Å². The van der Waals surface area contributed by atoms with Crippen LogP contribution in [0.5, 0.6) is 0 Å². The van der Waals surface area contributed by atoms with Crippen LogP contribution in [0.25, 0.3) is 0 Å². The van der Waals surface area contributed by atoms with Gasteiger partial charge in [-0.3, -0.25) is 9.59 Å². The molecular weight excluding hydrogens is 314 g/mol. The molecule has 2 saturated carbocycles. The molecule has 2 aliphatic rings. The number of halogens is 1. The molecule has 2 aliphatic carbocycles. The van der Waals surface area contributed by atoms with Gasteiger partial charge >= 0.3 is 0 Å². The fraction of sp³-hybridized carbons (Fsp3) is 0.882. The van der Waals surface area contributed by atoms with E-state index in [2.05, 4.69) is 16.0 Å². The zero-order chi connectivity index (χ0) is 15.6. The van der Waals surface area contributed by atoms with Crippen molar-refractivity contribution in [3.05, 3.63) is 0 Å². The van der Waals surface area contributed by atoms with Gasteiger partial charge in [0.05, 0.1) is 0 Å². The van der Waals surface area contributed by atoms with E-state index in [4.69, 9.17) is 0 Å². The molecule has 0 aromatic rings. The zero-order valence-electron chi connectivity index (χ0n) is 14.1. The molecule has 0 spiro atoms. The molecule has 0 saturated heterocycles. The van der Waals surface area contributed by atoms with Crippen LogP contribution >= 0.6 is 12.4 Å². The molecule has 0 radical (unpaired) electrons. The third-order valence-corrected chi connectivity index (χ3v) is 4.56. The molecule has 0 aliphatic heterocycles. The average Bonchev–Trinajstić information content (AvgIpc) is 3.35. The minimum absolute atomic E-state index is 0. The number of hydrogen-bond acceptors (Lipinski definition) is 3. The molecule has 134 valence electrons. The summed E-state index contributed by atoms with van der Waals surface area (Å²) < 4.78 is 0. The SMILES string of the molecule is Cl.O=C(CCCNC(=O)C1CC1)NCCNC1CCCCCC1. The highest BCUT2D eigenvalue weighted by Crippen LogP contribution is 2.28. The summed E-state index contributed by atoms with van der Waals surface area (Å²) in [5.41, 5.74) is 0. The van der Waals surface area contributed by atoms with Gasteiger partial charge < -0.3 is 16.0 Å². The normalized spacial score (nSPS) is 18.6. The number of carbonyl (C=O) groups excluding carboxylic acids is 2. The van der Waals surface area contributed by atoms with Crippen molar-refractivity contribution in [2.24, 2.45) is 5.92 Å². The topological polar surface area (TPSA) is 70.2 Å². The number of carbonyl (C=O) groups is 2. The minimum atomic E-state index is 0.